The molecule has 2 heterocycles. The second kappa shape index (κ2) is 7.76. The van der Waals surface area contributed by atoms with Crippen molar-refractivity contribution in [3.63, 3.8) is 0 Å². The third-order valence-electron chi connectivity index (χ3n) is 3.96. The molecule has 0 aliphatic carbocycles. The van der Waals surface area contributed by atoms with Gasteiger partial charge >= 0.3 is 0 Å². The van der Waals surface area contributed by atoms with Crippen molar-refractivity contribution in [1.29, 1.82) is 0 Å². The van der Waals surface area contributed by atoms with Crippen LogP contribution < -0.4 is 0 Å². The first kappa shape index (κ1) is 17.6. The minimum absolute atomic E-state index is 0.0455. The molecule has 0 saturated carbocycles. The topological polar surface area (TPSA) is 40.9 Å². The van der Waals surface area contributed by atoms with Gasteiger partial charge in [-0.15, -0.1) is 11.3 Å². The summed E-state index contributed by atoms with van der Waals surface area (Å²) < 4.78 is 15.9. The number of fused-ring (bicyclic) bond motifs is 1. The van der Waals surface area contributed by atoms with E-state index in [4.69, 9.17) is 0 Å². The third kappa shape index (κ3) is 4.43. The fourth-order valence-electron chi connectivity index (χ4n) is 2.57. The van der Waals surface area contributed by atoms with Crippen LogP contribution in [0.1, 0.15) is 11.3 Å². The second-order valence-corrected chi connectivity index (χ2v) is 7.08. The molecule has 0 spiro atoms. The number of nitrogens with zero attached hydrogens (tertiary/aromatic N) is 4. The highest BCUT2D eigenvalue weighted by Crippen LogP contribution is 2.14. The van der Waals surface area contributed by atoms with Crippen molar-refractivity contribution in [3.05, 3.63) is 59.1 Å². The largest absolute Gasteiger partial charge is 0.337 e. The van der Waals surface area contributed by atoms with Crippen molar-refractivity contribution in [2.45, 2.75) is 13.0 Å². The Kier molecular flexibility index (Phi) is 5.45. The average molecular weight is 360 g/mol. The number of aromatic nitrogens is 2. The van der Waals surface area contributed by atoms with E-state index >= 15 is 0 Å². The highest BCUT2D eigenvalue weighted by atomic mass is 32.1. The van der Waals surface area contributed by atoms with Gasteiger partial charge in [0.2, 0.25) is 5.91 Å². The number of benzene rings is 1. The number of hydrogen-bond acceptors (Lipinski definition) is 4. The van der Waals surface area contributed by atoms with Crippen LogP contribution in [0.25, 0.3) is 4.96 Å². The Morgan fingerprint density at radius 1 is 1.28 bits per heavy atom. The van der Waals surface area contributed by atoms with Gasteiger partial charge in [0.1, 0.15) is 5.82 Å². The predicted molar refractivity (Wildman–Crippen MR) is 97.1 cm³/mol. The Morgan fingerprint density at radius 3 is 2.80 bits per heavy atom. The number of halogens is 1. The molecule has 2 aromatic heterocycles. The van der Waals surface area contributed by atoms with Crippen LogP contribution in [0.3, 0.4) is 0 Å². The standard InChI is InChI=1S/C18H21FN4OS/c1-21(2)7-8-22(12-14-5-3-4-6-16(14)19)17(24)11-15-13-23-9-10-25-18(23)20-15/h3-6,9-10,13H,7-8,11-12H2,1-2H3. The number of amides is 1. The highest BCUT2D eigenvalue weighted by molar-refractivity contribution is 7.15. The van der Waals surface area contributed by atoms with E-state index in [1.807, 2.05) is 41.2 Å². The normalized spacial score (nSPS) is 11.4. The monoisotopic (exact) mass is 360 g/mol. The van der Waals surface area contributed by atoms with Gasteiger partial charge in [0.15, 0.2) is 4.96 Å². The first-order chi connectivity index (χ1) is 12.0. The molecule has 0 radical (unpaired) electrons. The lowest BCUT2D eigenvalue weighted by molar-refractivity contribution is -0.131. The van der Waals surface area contributed by atoms with Crippen molar-refractivity contribution >= 4 is 22.2 Å². The van der Waals surface area contributed by atoms with E-state index in [9.17, 15) is 9.18 Å². The molecule has 5 nitrogen and oxygen atoms in total. The number of thiazole rings is 1. The fraction of sp³-hybridized carbons (Fsp3) is 0.333. The zero-order valence-electron chi connectivity index (χ0n) is 14.4. The van der Waals surface area contributed by atoms with E-state index in [1.165, 1.54) is 17.4 Å². The summed E-state index contributed by atoms with van der Waals surface area (Å²) in [6.07, 6.45) is 4.01. The molecule has 25 heavy (non-hydrogen) atoms. The van der Waals surface area contributed by atoms with Crippen LogP contribution in [0.2, 0.25) is 0 Å². The third-order valence-corrected chi connectivity index (χ3v) is 4.74. The number of carbonyl (C=O) groups excluding carboxylic acids is 1. The van der Waals surface area contributed by atoms with Gasteiger partial charge in [-0.1, -0.05) is 18.2 Å². The molecule has 3 rings (SSSR count). The van der Waals surface area contributed by atoms with E-state index in [0.717, 1.165) is 17.2 Å². The van der Waals surface area contributed by atoms with Gasteiger partial charge in [-0.3, -0.25) is 9.20 Å². The van der Waals surface area contributed by atoms with Crippen molar-refractivity contribution in [2.75, 3.05) is 27.2 Å². The molecule has 0 aliphatic rings. The van der Waals surface area contributed by atoms with Crippen LogP contribution in [0.4, 0.5) is 4.39 Å². The molecule has 1 aromatic carbocycles. The molecule has 1 amide bonds. The Labute approximate surface area is 150 Å². The number of likely N-dealkylation sites (N-methyl/N-ethyl adjacent to an activating group) is 1. The van der Waals surface area contributed by atoms with Crippen molar-refractivity contribution in [2.24, 2.45) is 0 Å². The van der Waals surface area contributed by atoms with Gasteiger partial charge in [0.25, 0.3) is 0 Å². The lowest BCUT2D eigenvalue weighted by atomic mass is 10.2. The highest BCUT2D eigenvalue weighted by Gasteiger charge is 2.18. The van der Waals surface area contributed by atoms with Crippen molar-refractivity contribution in [1.82, 2.24) is 19.2 Å². The molecule has 0 bridgehead atoms. The lowest BCUT2D eigenvalue weighted by Crippen LogP contribution is -2.37. The Hall–Kier alpha value is -2.25. The lowest BCUT2D eigenvalue weighted by Gasteiger charge is -2.24. The van der Waals surface area contributed by atoms with E-state index < -0.39 is 0 Å². The summed E-state index contributed by atoms with van der Waals surface area (Å²) in [6, 6.07) is 6.59. The van der Waals surface area contributed by atoms with Crippen LogP contribution in [0, 0.1) is 5.82 Å². The first-order valence-electron chi connectivity index (χ1n) is 8.10. The molecule has 0 N–H and O–H groups in total. The Bertz CT molecular complexity index is 829. The minimum atomic E-state index is -0.285. The molecule has 7 heteroatoms. The quantitative estimate of drug-likeness (QED) is 0.650. The van der Waals surface area contributed by atoms with Crippen molar-refractivity contribution in [3.8, 4) is 0 Å². The van der Waals surface area contributed by atoms with E-state index in [0.29, 0.717) is 12.1 Å². The van der Waals surface area contributed by atoms with E-state index in [1.54, 1.807) is 23.1 Å². The van der Waals surface area contributed by atoms with Gasteiger partial charge in [-0.05, 0) is 20.2 Å². The summed E-state index contributed by atoms with van der Waals surface area (Å²) >= 11 is 1.53. The van der Waals surface area contributed by atoms with Crippen LogP contribution in [0.15, 0.2) is 42.0 Å². The average Bonchev–Trinajstić information content (AvgIpc) is 3.14. The van der Waals surface area contributed by atoms with Gasteiger partial charge in [0.05, 0.1) is 12.1 Å². The summed E-state index contributed by atoms with van der Waals surface area (Å²) in [6.45, 7) is 1.53. The predicted octanol–water partition coefficient (Wildman–Crippen LogP) is 2.67. The van der Waals surface area contributed by atoms with E-state index in [2.05, 4.69) is 4.98 Å². The number of hydrogen-bond donors (Lipinski definition) is 0. The number of rotatable bonds is 7. The maximum Gasteiger partial charge on any atom is 0.228 e. The summed E-state index contributed by atoms with van der Waals surface area (Å²) in [5.41, 5.74) is 1.26. The number of imidazole rings is 1. The molecule has 3 aromatic rings. The van der Waals surface area contributed by atoms with Crippen molar-refractivity contribution < 1.29 is 9.18 Å². The summed E-state index contributed by atoms with van der Waals surface area (Å²) in [5.74, 6) is -0.330. The SMILES string of the molecule is CN(C)CCN(Cc1ccccc1F)C(=O)Cc1cn2ccsc2n1. The zero-order chi connectivity index (χ0) is 17.8. The second-order valence-electron chi connectivity index (χ2n) is 6.21. The first-order valence-corrected chi connectivity index (χ1v) is 8.98. The van der Waals surface area contributed by atoms with Crippen LogP contribution in [-0.4, -0.2) is 52.3 Å². The molecular weight excluding hydrogens is 339 g/mol. The van der Waals surface area contributed by atoms with Crippen LogP contribution in [-0.2, 0) is 17.8 Å². The van der Waals surface area contributed by atoms with Gasteiger partial charge < -0.3 is 9.80 Å². The fourth-order valence-corrected chi connectivity index (χ4v) is 3.29. The molecule has 0 fully saturated rings. The number of carbonyl (C=O) groups is 1. The van der Waals surface area contributed by atoms with Crippen LogP contribution >= 0.6 is 11.3 Å². The smallest absolute Gasteiger partial charge is 0.228 e. The summed E-state index contributed by atoms with van der Waals surface area (Å²) in [5, 5.41) is 1.95. The van der Waals surface area contributed by atoms with Gasteiger partial charge in [-0.2, -0.15) is 0 Å². The molecule has 0 saturated heterocycles. The molecular formula is C18H21FN4OS. The maximum atomic E-state index is 14.0. The van der Waals surface area contributed by atoms with E-state index in [-0.39, 0.29) is 24.7 Å². The molecule has 132 valence electrons. The van der Waals surface area contributed by atoms with Crippen LogP contribution in [0.5, 0.6) is 0 Å². The molecule has 0 unspecified atom stereocenters. The Balaban J connectivity index is 1.73. The maximum absolute atomic E-state index is 14.0. The van der Waals surface area contributed by atoms with Gasteiger partial charge in [-0.25, -0.2) is 9.37 Å². The molecule has 0 aliphatic heterocycles. The van der Waals surface area contributed by atoms with Gasteiger partial charge in [0, 0.05) is 43.0 Å². The zero-order valence-corrected chi connectivity index (χ0v) is 15.2. The minimum Gasteiger partial charge on any atom is -0.337 e. The Morgan fingerprint density at radius 2 is 2.08 bits per heavy atom. The summed E-state index contributed by atoms with van der Waals surface area (Å²) in [7, 11) is 3.91. The summed E-state index contributed by atoms with van der Waals surface area (Å²) in [4.78, 5) is 21.8. The molecule has 0 atom stereocenters.